The fourth-order valence-electron chi connectivity index (χ4n) is 3.18. The molecule has 122 valence electrons. The average Bonchev–Trinajstić information content (AvgIpc) is 3.22. The molecule has 1 atom stereocenters. The Bertz CT molecular complexity index is 628. The molecule has 2 amide bonds. The Hall–Kier alpha value is -2.30. The molecule has 5 heteroatoms. The molecule has 1 N–H and O–H groups in total. The standard InChI is InChI=1S/C18H24N4O/c1-3-16(12-22-9-8-19-13-22)20-18(23)21(2)17-10-14-6-4-5-7-15(14)11-17/h4-9,13,16-17H,3,10-12H2,1-2H3,(H,20,23)/t16-/m1/s1. The molecule has 23 heavy (non-hydrogen) atoms. The highest BCUT2D eigenvalue weighted by Crippen LogP contribution is 2.24. The summed E-state index contributed by atoms with van der Waals surface area (Å²) in [5.41, 5.74) is 2.73. The molecule has 0 radical (unpaired) electrons. The molecule has 0 fully saturated rings. The van der Waals surface area contributed by atoms with Crippen LogP contribution in [0.5, 0.6) is 0 Å². The highest BCUT2D eigenvalue weighted by molar-refractivity contribution is 5.74. The number of aromatic nitrogens is 2. The molecule has 1 heterocycles. The van der Waals surface area contributed by atoms with E-state index in [0.29, 0.717) is 0 Å². The van der Waals surface area contributed by atoms with Gasteiger partial charge in [-0.1, -0.05) is 31.2 Å². The van der Waals surface area contributed by atoms with Gasteiger partial charge in [-0.05, 0) is 30.4 Å². The first-order valence-electron chi connectivity index (χ1n) is 8.23. The number of rotatable bonds is 5. The van der Waals surface area contributed by atoms with Crippen molar-refractivity contribution in [3.63, 3.8) is 0 Å². The summed E-state index contributed by atoms with van der Waals surface area (Å²) in [4.78, 5) is 18.5. The van der Waals surface area contributed by atoms with Gasteiger partial charge in [-0.25, -0.2) is 9.78 Å². The van der Waals surface area contributed by atoms with Gasteiger partial charge in [0, 0.05) is 38.1 Å². The van der Waals surface area contributed by atoms with Crippen molar-refractivity contribution in [3.05, 3.63) is 54.1 Å². The second kappa shape index (κ2) is 6.86. The number of imidazole rings is 1. The van der Waals surface area contributed by atoms with Gasteiger partial charge in [-0.15, -0.1) is 0 Å². The summed E-state index contributed by atoms with van der Waals surface area (Å²) in [6, 6.07) is 8.83. The quantitative estimate of drug-likeness (QED) is 0.922. The Kier molecular flexibility index (Phi) is 4.65. The van der Waals surface area contributed by atoms with Crippen molar-refractivity contribution in [3.8, 4) is 0 Å². The number of urea groups is 1. The van der Waals surface area contributed by atoms with Crippen LogP contribution in [0.1, 0.15) is 24.5 Å². The topological polar surface area (TPSA) is 50.2 Å². The number of carbonyl (C=O) groups excluding carboxylic acids is 1. The van der Waals surface area contributed by atoms with Crippen molar-refractivity contribution in [2.24, 2.45) is 0 Å². The normalized spacial score (nSPS) is 15.2. The first kappa shape index (κ1) is 15.6. The molecule has 3 rings (SSSR count). The Morgan fingerprint density at radius 2 is 2.09 bits per heavy atom. The van der Waals surface area contributed by atoms with Crippen LogP contribution in [0.15, 0.2) is 43.0 Å². The van der Waals surface area contributed by atoms with E-state index in [1.807, 2.05) is 22.7 Å². The minimum atomic E-state index is 0.00905. The Labute approximate surface area is 137 Å². The summed E-state index contributed by atoms with van der Waals surface area (Å²) in [6.45, 7) is 2.84. The first-order chi connectivity index (χ1) is 11.2. The number of likely N-dealkylation sites (N-methyl/N-ethyl adjacent to an activating group) is 1. The van der Waals surface area contributed by atoms with Crippen molar-refractivity contribution >= 4 is 6.03 Å². The van der Waals surface area contributed by atoms with E-state index >= 15 is 0 Å². The van der Waals surface area contributed by atoms with Crippen LogP contribution in [0.25, 0.3) is 0 Å². The zero-order chi connectivity index (χ0) is 16.2. The maximum atomic E-state index is 12.6. The third-order valence-corrected chi connectivity index (χ3v) is 4.71. The van der Waals surface area contributed by atoms with Gasteiger partial charge in [0.15, 0.2) is 0 Å². The minimum absolute atomic E-state index is 0.00905. The molecule has 1 aromatic heterocycles. The van der Waals surface area contributed by atoms with Crippen LogP contribution >= 0.6 is 0 Å². The van der Waals surface area contributed by atoms with E-state index in [2.05, 4.69) is 41.5 Å². The Morgan fingerprint density at radius 3 is 2.65 bits per heavy atom. The zero-order valence-electron chi connectivity index (χ0n) is 13.8. The number of nitrogens with zero attached hydrogens (tertiary/aromatic N) is 3. The SMILES string of the molecule is CC[C@H](Cn1ccnc1)NC(=O)N(C)C1Cc2ccccc2C1. The lowest BCUT2D eigenvalue weighted by Crippen LogP contribution is -2.48. The smallest absolute Gasteiger partial charge is 0.317 e. The monoisotopic (exact) mass is 312 g/mol. The van der Waals surface area contributed by atoms with Crippen LogP contribution in [-0.4, -0.2) is 39.6 Å². The zero-order valence-corrected chi connectivity index (χ0v) is 13.8. The van der Waals surface area contributed by atoms with E-state index < -0.39 is 0 Å². The van der Waals surface area contributed by atoms with Crippen LogP contribution in [0.4, 0.5) is 4.79 Å². The third-order valence-electron chi connectivity index (χ3n) is 4.71. The van der Waals surface area contributed by atoms with Gasteiger partial charge in [-0.2, -0.15) is 0 Å². The molecule has 5 nitrogen and oxygen atoms in total. The lowest BCUT2D eigenvalue weighted by Gasteiger charge is -2.27. The number of benzene rings is 1. The maximum absolute atomic E-state index is 12.6. The molecular formula is C18H24N4O. The molecule has 2 aromatic rings. The van der Waals surface area contributed by atoms with E-state index in [-0.39, 0.29) is 18.1 Å². The fraction of sp³-hybridized carbons (Fsp3) is 0.444. The number of nitrogens with one attached hydrogen (secondary N) is 1. The van der Waals surface area contributed by atoms with Crippen LogP contribution in [-0.2, 0) is 19.4 Å². The van der Waals surface area contributed by atoms with Crippen LogP contribution in [0.2, 0.25) is 0 Å². The van der Waals surface area contributed by atoms with Gasteiger partial charge in [0.1, 0.15) is 0 Å². The van der Waals surface area contributed by atoms with Crippen molar-refractivity contribution in [2.45, 2.75) is 44.8 Å². The molecule has 0 unspecified atom stereocenters. The molecule has 0 bridgehead atoms. The molecule has 0 saturated carbocycles. The summed E-state index contributed by atoms with van der Waals surface area (Å²) in [6.07, 6.45) is 8.24. The molecule has 1 aromatic carbocycles. The van der Waals surface area contributed by atoms with E-state index in [9.17, 15) is 4.79 Å². The molecule has 1 aliphatic rings. The number of hydrogen-bond donors (Lipinski definition) is 1. The second-order valence-electron chi connectivity index (χ2n) is 6.26. The molecule has 0 aliphatic heterocycles. The van der Waals surface area contributed by atoms with Gasteiger partial charge < -0.3 is 14.8 Å². The molecular weight excluding hydrogens is 288 g/mol. The fourth-order valence-corrected chi connectivity index (χ4v) is 3.18. The van der Waals surface area contributed by atoms with E-state index in [1.54, 1.807) is 12.5 Å². The number of fused-ring (bicyclic) bond motifs is 1. The summed E-state index contributed by atoms with van der Waals surface area (Å²) in [7, 11) is 1.90. The molecule has 0 spiro atoms. The first-order valence-corrected chi connectivity index (χ1v) is 8.23. The predicted molar refractivity (Wildman–Crippen MR) is 90.2 cm³/mol. The average molecular weight is 312 g/mol. The summed E-state index contributed by atoms with van der Waals surface area (Å²) < 4.78 is 2.00. The highest BCUT2D eigenvalue weighted by Gasteiger charge is 2.27. The van der Waals surface area contributed by atoms with Crippen LogP contribution < -0.4 is 5.32 Å². The Morgan fingerprint density at radius 1 is 1.39 bits per heavy atom. The van der Waals surface area contributed by atoms with Crippen molar-refractivity contribution < 1.29 is 4.79 Å². The van der Waals surface area contributed by atoms with Gasteiger partial charge in [0.25, 0.3) is 0 Å². The molecule has 0 saturated heterocycles. The lowest BCUT2D eigenvalue weighted by molar-refractivity contribution is 0.186. The van der Waals surface area contributed by atoms with E-state index in [1.165, 1.54) is 11.1 Å². The number of carbonyl (C=O) groups is 1. The maximum Gasteiger partial charge on any atom is 0.317 e. The second-order valence-corrected chi connectivity index (χ2v) is 6.26. The largest absolute Gasteiger partial charge is 0.335 e. The van der Waals surface area contributed by atoms with Crippen LogP contribution in [0, 0.1) is 0 Å². The van der Waals surface area contributed by atoms with Crippen LogP contribution in [0.3, 0.4) is 0 Å². The Balaban J connectivity index is 1.57. The van der Waals surface area contributed by atoms with E-state index in [4.69, 9.17) is 0 Å². The van der Waals surface area contributed by atoms with E-state index in [0.717, 1.165) is 25.8 Å². The van der Waals surface area contributed by atoms with Gasteiger partial charge >= 0.3 is 6.03 Å². The van der Waals surface area contributed by atoms with Crippen molar-refractivity contribution in [1.29, 1.82) is 0 Å². The van der Waals surface area contributed by atoms with Gasteiger partial charge in [-0.3, -0.25) is 0 Å². The third kappa shape index (κ3) is 3.55. The summed E-state index contributed by atoms with van der Waals surface area (Å²) in [5, 5.41) is 3.15. The summed E-state index contributed by atoms with van der Waals surface area (Å²) in [5.74, 6) is 0. The minimum Gasteiger partial charge on any atom is -0.335 e. The van der Waals surface area contributed by atoms with Gasteiger partial charge in [0.2, 0.25) is 0 Å². The number of hydrogen-bond acceptors (Lipinski definition) is 2. The van der Waals surface area contributed by atoms with Gasteiger partial charge in [0.05, 0.1) is 6.33 Å². The van der Waals surface area contributed by atoms with Crippen molar-refractivity contribution in [1.82, 2.24) is 19.8 Å². The number of amides is 2. The molecule has 1 aliphatic carbocycles. The van der Waals surface area contributed by atoms with Crippen molar-refractivity contribution in [2.75, 3.05) is 7.05 Å². The predicted octanol–water partition coefficient (Wildman–Crippen LogP) is 2.47. The highest BCUT2D eigenvalue weighted by atomic mass is 16.2. The lowest BCUT2D eigenvalue weighted by atomic mass is 10.1. The summed E-state index contributed by atoms with van der Waals surface area (Å²) >= 11 is 0.